The van der Waals surface area contributed by atoms with E-state index in [2.05, 4.69) is 5.32 Å². The van der Waals surface area contributed by atoms with Crippen molar-refractivity contribution in [1.82, 2.24) is 4.90 Å². The molecule has 2 amide bonds. The third-order valence-electron chi connectivity index (χ3n) is 3.71. The highest BCUT2D eigenvalue weighted by Crippen LogP contribution is 2.25. The Morgan fingerprint density at radius 3 is 2.34 bits per heavy atom. The molecule has 0 bridgehead atoms. The number of nitrogens with zero attached hydrogens (tertiary/aromatic N) is 2. The molecule has 0 aromatic heterocycles. The topological polar surface area (TPSA) is 127 Å². The SMILES string of the molecule is CN(CC(=O)Nc1ccc(Cl)c(Cl)c1)C(=O)c1cc([N+](=O)[O-])cc(S(C)(=O)=O)c1. The van der Waals surface area contributed by atoms with E-state index in [9.17, 15) is 28.1 Å². The molecule has 2 aromatic rings. The molecule has 0 spiro atoms. The smallest absolute Gasteiger partial charge is 0.271 e. The summed E-state index contributed by atoms with van der Waals surface area (Å²) < 4.78 is 23.5. The largest absolute Gasteiger partial charge is 0.332 e. The van der Waals surface area contributed by atoms with Gasteiger partial charge in [-0.25, -0.2) is 8.42 Å². The monoisotopic (exact) mass is 459 g/mol. The molecule has 0 aliphatic heterocycles. The third kappa shape index (κ3) is 5.89. The zero-order valence-electron chi connectivity index (χ0n) is 15.2. The van der Waals surface area contributed by atoms with Gasteiger partial charge in [-0.05, 0) is 24.3 Å². The molecule has 0 unspecified atom stereocenters. The molecule has 154 valence electrons. The van der Waals surface area contributed by atoms with Crippen molar-refractivity contribution in [2.24, 2.45) is 0 Å². The summed E-state index contributed by atoms with van der Waals surface area (Å²) in [5, 5.41) is 14.1. The van der Waals surface area contributed by atoms with Crippen molar-refractivity contribution in [3.63, 3.8) is 0 Å². The molecule has 0 radical (unpaired) electrons. The number of hydrogen-bond donors (Lipinski definition) is 1. The molecule has 29 heavy (non-hydrogen) atoms. The lowest BCUT2D eigenvalue weighted by Crippen LogP contribution is -2.35. The van der Waals surface area contributed by atoms with Crippen LogP contribution in [0.5, 0.6) is 0 Å². The van der Waals surface area contributed by atoms with Crippen LogP contribution in [0.4, 0.5) is 11.4 Å². The quantitative estimate of drug-likeness (QED) is 0.522. The first-order chi connectivity index (χ1) is 13.4. The number of non-ortho nitro benzene ring substituents is 1. The van der Waals surface area contributed by atoms with Crippen LogP contribution in [0.15, 0.2) is 41.3 Å². The van der Waals surface area contributed by atoms with Crippen molar-refractivity contribution in [2.45, 2.75) is 4.90 Å². The Kier molecular flexibility index (Phi) is 6.83. The summed E-state index contributed by atoms with van der Waals surface area (Å²) in [5.74, 6) is -1.32. The lowest BCUT2D eigenvalue weighted by molar-refractivity contribution is -0.385. The van der Waals surface area contributed by atoms with Gasteiger partial charge in [0.1, 0.15) is 0 Å². The van der Waals surface area contributed by atoms with Gasteiger partial charge in [-0.3, -0.25) is 19.7 Å². The maximum absolute atomic E-state index is 12.6. The number of nitro groups is 1. The summed E-state index contributed by atoms with van der Waals surface area (Å²) in [5.41, 5.74) is -0.422. The van der Waals surface area contributed by atoms with Gasteiger partial charge in [-0.15, -0.1) is 0 Å². The number of rotatable bonds is 6. The van der Waals surface area contributed by atoms with Gasteiger partial charge in [-0.1, -0.05) is 23.2 Å². The van der Waals surface area contributed by atoms with Crippen molar-refractivity contribution in [1.29, 1.82) is 0 Å². The molecule has 2 rings (SSSR count). The highest BCUT2D eigenvalue weighted by molar-refractivity contribution is 7.90. The molecule has 0 saturated carbocycles. The number of nitrogens with one attached hydrogen (secondary N) is 1. The van der Waals surface area contributed by atoms with E-state index in [1.165, 1.54) is 25.2 Å². The molecule has 0 atom stereocenters. The molecule has 2 aromatic carbocycles. The number of carbonyl (C=O) groups is 2. The van der Waals surface area contributed by atoms with Crippen LogP contribution < -0.4 is 5.32 Å². The van der Waals surface area contributed by atoms with Crippen LogP contribution in [0.2, 0.25) is 10.0 Å². The van der Waals surface area contributed by atoms with Gasteiger partial charge in [0.25, 0.3) is 11.6 Å². The number of anilines is 1. The highest BCUT2D eigenvalue weighted by atomic mass is 35.5. The summed E-state index contributed by atoms with van der Waals surface area (Å²) in [6, 6.07) is 7.28. The zero-order valence-corrected chi connectivity index (χ0v) is 17.5. The van der Waals surface area contributed by atoms with Crippen molar-refractivity contribution < 1.29 is 22.9 Å². The minimum absolute atomic E-state index is 0.232. The van der Waals surface area contributed by atoms with Crippen LogP contribution in [0.25, 0.3) is 0 Å². The van der Waals surface area contributed by atoms with Crippen molar-refractivity contribution >= 4 is 56.2 Å². The molecule has 12 heteroatoms. The molecule has 0 saturated heterocycles. The van der Waals surface area contributed by atoms with E-state index < -0.39 is 38.8 Å². The second-order valence-corrected chi connectivity index (χ2v) is 8.91. The van der Waals surface area contributed by atoms with E-state index in [-0.39, 0.29) is 15.5 Å². The molecular weight excluding hydrogens is 445 g/mol. The third-order valence-corrected chi connectivity index (χ3v) is 5.54. The summed E-state index contributed by atoms with van der Waals surface area (Å²) in [4.78, 5) is 35.6. The first-order valence-electron chi connectivity index (χ1n) is 7.88. The Bertz CT molecular complexity index is 1100. The number of hydrogen-bond acceptors (Lipinski definition) is 6. The number of amides is 2. The number of carbonyl (C=O) groups excluding carboxylic acids is 2. The van der Waals surface area contributed by atoms with E-state index >= 15 is 0 Å². The van der Waals surface area contributed by atoms with Gasteiger partial charge in [0.05, 0.1) is 26.4 Å². The van der Waals surface area contributed by atoms with E-state index in [1.807, 2.05) is 0 Å². The number of nitro benzene ring substituents is 1. The van der Waals surface area contributed by atoms with Gasteiger partial charge < -0.3 is 10.2 Å². The van der Waals surface area contributed by atoms with Gasteiger partial charge in [0.2, 0.25) is 5.91 Å². The van der Waals surface area contributed by atoms with E-state index in [0.717, 1.165) is 29.4 Å². The maximum Gasteiger partial charge on any atom is 0.271 e. The Balaban J connectivity index is 2.20. The van der Waals surface area contributed by atoms with Crippen LogP contribution in [0.3, 0.4) is 0 Å². The van der Waals surface area contributed by atoms with Crippen LogP contribution in [0, 0.1) is 10.1 Å². The minimum atomic E-state index is -3.79. The van der Waals surface area contributed by atoms with Crippen LogP contribution >= 0.6 is 23.2 Å². The van der Waals surface area contributed by atoms with Crippen LogP contribution in [-0.2, 0) is 14.6 Å². The molecule has 0 fully saturated rings. The van der Waals surface area contributed by atoms with Crippen molar-refractivity contribution in [2.75, 3.05) is 25.2 Å². The Hall–Kier alpha value is -2.69. The zero-order chi connectivity index (χ0) is 21.9. The fourth-order valence-electron chi connectivity index (χ4n) is 2.31. The van der Waals surface area contributed by atoms with E-state index in [1.54, 1.807) is 0 Å². The predicted octanol–water partition coefficient (Wildman–Crippen LogP) is 3.02. The fourth-order valence-corrected chi connectivity index (χ4v) is 3.28. The molecule has 0 aliphatic carbocycles. The van der Waals surface area contributed by atoms with Crippen LogP contribution in [0.1, 0.15) is 10.4 Å². The van der Waals surface area contributed by atoms with Crippen LogP contribution in [-0.4, -0.2) is 49.9 Å². The number of benzene rings is 2. The average Bonchev–Trinajstić information content (AvgIpc) is 2.62. The lowest BCUT2D eigenvalue weighted by Gasteiger charge is -2.17. The summed E-state index contributed by atoms with van der Waals surface area (Å²) in [7, 11) is -2.49. The Morgan fingerprint density at radius 1 is 1.14 bits per heavy atom. The molecule has 0 heterocycles. The van der Waals surface area contributed by atoms with Crippen molar-refractivity contribution in [3.8, 4) is 0 Å². The summed E-state index contributed by atoms with van der Waals surface area (Å²) >= 11 is 11.7. The Morgan fingerprint density at radius 2 is 1.79 bits per heavy atom. The second-order valence-electron chi connectivity index (χ2n) is 6.08. The summed E-state index contributed by atoms with van der Waals surface area (Å²) in [6.07, 6.45) is 0.870. The molecule has 9 nitrogen and oxygen atoms in total. The first-order valence-corrected chi connectivity index (χ1v) is 10.5. The fraction of sp³-hybridized carbons (Fsp3) is 0.176. The predicted molar refractivity (Wildman–Crippen MR) is 108 cm³/mol. The molecule has 0 aliphatic rings. The first kappa shape index (κ1) is 22.6. The standard InChI is InChI=1S/C17H15Cl2N3O6S/c1-21(9-16(23)20-11-3-4-14(18)15(19)7-11)17(24)10-5-12(22(25)26)8-13(6-10)29(2,27)28/h3-8H,9H2,1-2H3,(H,20,23). The highest BCUT2D eigenvalue weighted by Gasteiger charge is 2.22. The van der Waals surface area contributed by atoms with Crippen molar-refractivity contribution in [3.05, 3.63) is 62.1 Å². The van der Waals surface area contributed by atoms with Gasteiger partial charge >= 0.3 is 0 Å². The lowest BCUT2D eigenvalue weighted by atomic mass is 10.1. The second kappa shape index (κ2) is 8.76. The van der Waals surface area contributed by atoms with Gasteiger partial charge in [-0.2, -0.15) is 0 Å². The number of sulfone groups is 1. The normalized spacial score (nSPS) is 11.0. The number of likely N-dealkylation sites (N-methyl/N-ethyl adjacent to an activating group) is 1. The minimum Gasteiger partial charge on any atom is -0.332 e. The number of halogens is 2. The molecule has 1 N–H and O–H groups in total. The van der Waals surface area contributed by atoms with Gasteiger partial charge in [0.15, 0.2) is 9.84 Å². The average molecular weight is 460 g/mol. The van der Waals surface area contributed by atoms with E-state index in [4.69, 9.17) is 23.2 Å². The van der Waals surface area contributed by atoms with E-state index in [0.29, 0.717) is 10.7 Å². The van der Waals surface area contributed by atoms with Gasteiger partial charge in [0, 0.05) is 36.7 Å². The Labute approximate surface area is 176 Å². The molecular formula is C17H15Cl2N3O6S. The summed E-state index contributed by atoms with van der Waals surface area (Å²) in [6.45, 7) is -0.393. The maximum atomic E-state index is 12.6.